The molecule has 0 aromatic heterocycles. The number of methoxy groups -OCH3 is 2. The molecule has 2 aliphatic rings. The van der Waals surface area contributed by atoms with E-state index in [4.69, 9.17) is 9.47 Å². The standard InChI is InChI=1S/C16H22N2O3/c1-20-12-6-3-5-11(9-12)16-17-10-15(19)18(16)13-7-4-8-14(13)21-2/h3,5-6,9,13-14,16-17H,4,7-8,10H2,1-2H3. The number of benzene rings is 1. The molecule has 5 heteroatoms. The van der Waals surface area contributed by atoms with Crippen LogP contribution in [0.4, 0.5) is 0 Å². The fourth-order valence-corrected chi connectivity index (χ4v) is 3.48. The Morgan fingerprint density at radius 3 is 2.90 bits per heavy atom. The summed E-state index contributed by atoms with van der Waals surface area (Å²) in [5.41, 5.74) is 1.06. The highest BCUT2D eigenvalue weighted by Gasteiger charge is 2.42. The second kappa shape index (κ2) is 6.03. The zero-order chi connectivity index (χ0) is 14.8. The van der Waals surface area contributed by atoms with Crippen LogP contribution in [0.3, 0.4) is 0 Å². The van der Waals surface area contributed by atoms with Crippen LogP contribution < -0.4 is 10.1 Å². The lowest BCUT2D eigenvalue weighted by Gasteiger charge is -2.33. The maximum Gasteiger partial charge on any atom is 0.238 e. The monoisotopic (exact) mass is 290 g/mol. The van der Waals surface area contributed by atoms with E-state index in [1.807, 2.05) is 29.2 Å². The first-order valence-corrected chi connectivity index (χ1v) is 7.46. The third-order valence-corrected chi connectivity index (χ3v) is 4.50. The van der Waals surface area contributed by atoms with Crippen LogP contribution in [0.5, 0.6) is 5.75 Å². The van der Waals surface area contributed by atoms with Crippen LogP contribution in [-0.2, 0) is 9.53 Å². The van der Waals surface area contributed by atoms with Gasteiger partial charge in [-0.3, -0.25) is 10.1 Å². The lowest BCUT2D eigenvalue weighted by Crippen LogP contribution is -2.44. The van der Waals surface area contributed by atoms with Crippen molar-refractivity contribution >= 4 is 5.91 Å². The summed E-state index contributed by atoms with van der Waals surface area (Å²) in [5, 5.41) is 3.31. The molecule has 0 radical (unpaired) electrons. The molecule has 1 aliphatic heterocycles. The number of hydrogen-bond donors (Lipinski definition) is 1. The maximum absolute atomic E-state index is 12.3. The number of nitrogens with zero attached hydrogens (tertiary/aromatic N) is 1. The van der Waals surface area contributed by atoms with Gasteiger partial charge in [0.05, 0.1) is 25.8 Å². The zero-order valence-corrected chi connectivity index (χ0v) is 12.5. The lowest BCUT2D eigenvalue weighted by molar-refractivity contribution is -0.132. The van der Waals surface area contributed by atoms with Crippen molar-refractivity contribution < 1.29 is 14.3 Å². The van der Waals surface area contributed by atoms with Crippen molar-refractivity contribution in [1.29, 1.82) is 0 Å². The van der Waals surface area contributed by atoms with Crippen LogP contribution in [-0.4, -0.2) is 43.7 Å². The zero-order valence-electron chi connectivity index (χ0n) is 12.5. The molecule has 1 aliphatic carbocycles. The van der Waals surface area contributed by atoms with Crippen molar-refractivity contribution in [3.8, 4) is 5.75 Å². The Balaban J connectivity index is 1.88. The van der Waals surface area contributed by atoms with Crippen LogP contribution in [0, 0.1) is 0 Å². The molecule has 1 aromatic carbocycles. The van der Waals surface area contributed by atoms with Gasteiger partial charge in [0.15, 0.2) is 0 Å². The highest BCUT2D eigenvalue weighted by atomic mass is 16.5. The number of nitrogens with one attached hydrogen (secondary N) is 1. The van der Waals surface area contributed by atoms with Gasteiger partial charge in [0.25, 0.3) is 0 Å². The molecule has 3 rings (SSSR count). The molecule has 0 spiro atoms. The van der Waals surface area contributed by atoms with Gasteiger partial charge in [-0.1, -0.05) is 12.1 Å². The molecule has 1 aromatic rings. The summed E-state index contributed by atoms with van der Waals surface area (Å²) in [6.07, 6.45) is 3.19. The van der Waals surface area contributed by atoms with E-state index in [9.17, 15) is 4.79 Å². The van der Waals surface area contributed by atoms with Gasteiger partial charge < -0.3 is 14.4 Å². The molecule has 3 unspecified atom stereocenters. The SMILES string of the molecule is COc1cccc(C2NCC(=O)N2C2CCCC2OC)c1. The molecular weight excluding hydrogens is 268 g/mol. The third kappa shape index (κ3) is 2.63. The topological polar surface area (TPSA) is 50.8 Å². The first-order valence-electron chi connectivity index (χ1n) is 7.46. The van der Waals surface area contributed by atoms with E-state index in [2.05, 4.69) is 5.32 Å². The number of carbonyl (C=O) groups excluding carboxylic acids is 1. The van der Waals surface area contributed by atoms with Gasteiger partial charge in [-0.15, -0.1) is 0 Å². The molecule has 0 bridgehead atoms. The van der Waals surface area contributed by atoms with Crippen molar-refractivity contribution in [1.82, 2.24) is 10.2 Å². The first kappa shape index (κ1) is 14.4. The Hall–Kier alpha value is -1.59. The Bertz CT molecular complexity index is 520. The average molecular weight is 290 g/mol. The van der Waals surface area contributed by atoms with Gasteiger partial charge in [-0.25, -0.2) is 0 Å². The number of ether oxygens (including phenoxy) is 2. The fourth-order valence-electron chi connectivity index (χ4n) is 3.48. The van der Waals surface area contributed by atoms with Crippen molar-refractivity contribution in [2.24, 2.45) is 0 Å². The highest BCUT2D eigenvalue weighted by Crippen LogP contribution is 2.34. The van der Waals surface area contributed by atoms with Gasteiger partial charge in [0, 0.05) is 7.11 Å². The minimum absolute atomic E-state index is 0.0895. The molecule has 114 valence electrons. The molecule has 2 fully saturated rings. The molecule has 1 amide bonds. The predicted molar refractivity (Wildman–Crippen MR) is 79.0 cm³/mol. The van der Waals surface area contributed by atoms with E-state index < -0.39 is 0 Å². The number of hydrogen-bond acceptors (Lipinski definition) is 4. The molecule has 1 saturated heterocycles. The van der Waals surface area contributed by atoms with Gasteiger partial charge in [-0.05, 0) is 37.0 Å². The maximum atomic E-state index is 12.3. The van der Waals surface area contributed by atoms with Crippen LogP contribution in [0.2, 0.25) is 0 Å². The first-order chi connectivity index (χ1) is 10.2. The number of amides is 1. The highest BCUT2D eigenvalue weighted by molar-refractivity contribution is 5.81. The second-order valence-electron chi connectivity index (χ2n) is 5.63. The van der Waals surface area contributed by atoms with Crippen molar-refractivity contribution in [2.75, 3.05) is 20.8 Å². The predicted octanol–water partition coefficient (Wildman–Crippen LogP) is 1.69. The molecule has 5 nitrogen and oxygen atoms in total. The van der Waals surface area contributed by atoms with E-state index in [1.54, 1.807) is 14.2 Å². The van der Waals surface area contributed by atoms with Gasteiger partial charge in [0.1, 0.15) is 11.9 Å². The molecule has 21 heavy (non-hydrogen) atoms. The van der Waals surface area contributed by atoms with E-state index in [-0.39, 0.29) is 24.2 Å². The van der Waals surface area contributed by atoms with E-state index >= 15 is 0 Å². The summed E-state index contributed by atoms with van der Waals surface area (Å²) >= 11 is 0. The summed E-state index contributed by atoms with van der Waals surface area (Å²) in [6.45, 7) is 0.384. The lowest BCUT2D eigenvalue weighted by atomic mass is 10.1. The normalized spacial score (nSPS) is 29.1. The molecular formula is C16H22N2O3. The summed E-state index contributed by atoms with van der Waals surface area (Å²) in [6, 6.07) is 8.05. The van der Waals surface area contributed by atoms with Gasteiger partial charge >= 0.3 is 0 Å². The quantitative estimate of drug-likeness (QED) is 0.917. The van der Waals surface area contributed by atoms with Crippen molar-refractivity contribution in [3.05, 3.63) is 29.8 Å². The van der Waals surface area contributed by atoms with Gasteiger partial charge in [0.2, 0.25) is 5.91 Å². The summed E-state index contributed by atoms with van der Waals surface area (Å²) in [4.78, 5) is 14.3. The summed E-state index contributed by atoms with van der Waals surface area (Å²) in [7, 11) is 3.39. The van der Waals surface area contributed by atoms with E-state index in [0.29, 0.717) is 6.54 Å². The van der Waals surface area contributed by atoms with Gasteiger partial charge in [-0.2, -0.15) is 0 Å². The van der Waals surface area contributed by atoms with Crippen LogP contribution >= 0.6 is 0 Å². The molecule has 3 atom stereocenters. The Kier molecular flexibility index (Phi) is 4.12. The Morgan fingerprint density at radius 2 is 2.14 bits per heavy atom. The average Bonchev–Trinajstić information content (AvgIpc) is 3.12. The Morgan fingerprint density at radius 1 is 1.29 bits per heavy atom. The van der Waals surface area contributed by atoms with Crippen molar-refractivity contribution in [2.45, 2.75) is 37.6 Å². The minimum atomic E-state index is -0.0895. The smallest absolute Gasteiger partial charge is 0.238 e. The summed E-state index contributed by atoms with van der Waals surface area (Å²) < 4.78 is 10.9. The molecule has 1 N–H and O–H groups in total. The largest absolute Gasteiger partial charge is 0.497 e. The molecule has 1 heterocycles. The molecule has 1 saturated carbocycles. The number of rotatable bonds is 4. The Labute approximate surface area is 125 Å². The second-order valence-corrected chi connectivity index (χ2v) is 5.63. The van der Waals surface area contributed by atoms with Crippen LogP contribution in [0.25, 0.3) is 0 Å². The van der Waals surface area contributed by atoms with E-state index in [0.717, 1.165) is 30.6 Å². The van der Waals surface area contributed by atoms with Crippen LogP contribution in [0.15, 0.2) is 24.3 Å². The third-order valence-electron chi connectivity index (χ3n) is 4.50. The van der Waals surface area contributed by atoms with E-state index in [1.165, 1.54) is 0 Å². The number of carbonyl (C=O) groups is 1. The van der Waals surface area contributed by atoms with Crippen LogP contribution in [0.1, 0.15) is 31.0 Å². The minimum Gasteiger partial charge on any atom is -0.497 e. The van der Waals surface area contributed by atoms with Crippen molar-refractivity contribution in [3.63, 3.8) is 0 Å². The fraction of sp³-hybridized carbons (Fsp3) is 0.562. The summed E-state index contributed by atoms with van der Waals surface area (Å²) in [5.74, 6) is 0.958.